The first-order valence-corrected chi connectivity index (χ1v) is 8.91. The van der Waals surface area contributed by atoms with Gasteiger partial charge in [-0.25, -0.2) is 9.66 Å². The fourth-order valence-electron chi connectivity index (χ4n) is 2.20. The minimum Gasteiger partial charge on any atom is -0.337 e. The van der Waals surface area contributed by atoms with Gasteiger partial charge < -0.3 is 11.2 Å². The van der Waals surface area contributed by atoms with Crippen molar-refractivity contribution < 1.29 is 4.79 Å². The fourth-order valence-corrected chi connectivity index (χ4v) is 3.13. The molecule has 0 fully saturated rings. The zero-order chi connectivity index (χ0) is 17.8. The molecule has 0 saturated carbocycles. The molecule has 0 unspecified atom stereocenters. The maximum Gasteiger partial charge on any atom is 0.237 e. The van der Waals surface area contributed by atoms with Crippen molar-refractivity contribution in [3.05, 3.63) is 65.8 Å². The minimum absolute atomic E-state index is 0.128. The SMILES string of the molecule is C[C@@H](Sc1nc(-c2ccccc2)cn1N)C(=O)Nc1ccc(Cl)cc1. The number of halogens is 1. The van der Waals surface area contributed by atoms with Crippen LogP contribution in [0.5, 0.6) is 0 Å². The maximum atomic E-state index is 12.3. The van der Waals surface area contributed by atoms with Crippen molar-refractivity contribution in [3.63, 3.8) is 0 Å². The number of nitrogens with one attached hydrogen (secondary N) is 1. The largest absolute Gasteiger partial charge is 0.337 e. The van der Waals surface area contributed by atoms with E-state index in [0.29, 0.717) is 15.9 Å². The molecule has 3 N–H and O–H groups in total. The Morgan fingerprint density at radius 1 is 1.20 bits per heavy atom. The van der Waals surface area contributed by atoms with Gasteiger partial charge in [0.05, 0.1) is 17.1 Å². The van der Waals surface area contributed by atoms with Crippen LogP contribution in [-0.4, -0.2) is 20.8 Å². The Balaban J connectivity index is 1.68. The quantitative estimate of drug-likeness (QED) is 0.523. The number of benzene rings is 2. The first kappa shape index (κ1) is 17.4. The van der Waals surface area contributed by atoms with Crippen molar-refractivity contribution >= 4 is 35.0 Å². The van der Waals surface area contributed by atoms with E-state index in [0.717, 1.165) is 11.3 Å². The Bertz CT molecular complexity index is 865. The van der Waals surface area contributed by atoms with Crippen molar-refractivity contribution in [1.29, 1.82) is 0 Å². The van der Waals surface area contributed by atoms with Crippen LogP contribution in [0.2, 0.25) is 5.02 Å². The van der Waals surface area contributed by atoms with Gasteiger partial charge in [-0.2, -0.15) is 0 Å². The second kappa shape index (κ2) is 7.63. The van der Waals surface area contributed by atoms with E-state index in [9.17, 15) is 4.79 Å². The summed E-state index contributed by atoms with van der Waals surface area (Å²) in [5.41, 5.74) is 2.45. The Morgan fingerprint density at radius 3 is 2.56 bits per heavy atom. The van der Waals surface area contributed by atoms with Gasteiger partial charge in [0.25, 0.3) is 0 Å². The second-order valence-corrected chi connectivity index (χ2v) is 7.18. The van der Waals surface area contributed by atoms with E-state index in [-0.39, 0.29) is 11.2 Å². The van der Waals surface area contributed by atoms with Gasteiger partial charge in [0.15, 0.2) is 5.16 Å². The Labute approximate surface area is 155 Å². The lowest BCUT2D eigenvalue weighted by atomic mass is 10.2. The van der Waals surface area contributed by atoms with Crippen LogP contribution in [0.4, 0.5) is 5.69 Å². The molecule has 128 valence electrons. The number of nitrogen functional groups attached to an aromatic ring is 1. The molecule has 1 heterocycles. The standard InChI is InChI=1S/C18H17ClN4OS/c1-12(17(24)21-15-9-7-14(19)8-10-15)25-18-22-16(11-23(18)20)13-5-3-2-4-6-13/h2-12H,20H2,1H3,(H,21,24)/t12-/m1/s1. The van der Waals surface area contributed by atoms with Crippen LogP contribution in [0, 0.1) is 0 Å². The molecule has 1 aromatic heterocycles. The van der Waals surface area contributed by atoms with Crippen molar-refractivity contribution in [1.82, 2.24) is 9.66 Å². The van der Waals surface area contributed by atoms with E-state index in [4.69, 9.17) is 17.4 Å². The van der Waals surface area contributed by atoms with E-state index in [1.165, 1.54) is 16.4 Å². The molecule has 2 aromatic carbocycles. The number of amides is 1. The van der Waals surface area contributed by atoms with Crippen molar-refractivity contribution in [3.8, 4) is 11.3 Å². The number of imidazole rings is 1. The summed E-state index contributed by atoms with van der Waals surface area (Å²) in [6.07, 6.45) is 1.75. The number of anilines is 1. The first-order chi connectivity index (χ1) is 12.0. The highest BCUT2D eigenvalue weighted by molar-refractivity contribution is 8.00. The molecule has 0 aliphatic heterocycles. The highest BCUT2D eigenvalue weighted by Gasteiger charge is 2.18. The van der Waals surface area contributed by atoms with Crippen LogP contribution in [0.3, 0.4) is 0 Å². The van der Waals surface area contributed by atoms with Crippen LogP contribution in [-0.2, 0) is 4.79 Å². The van der Waals surface area contributed by atoms with Crippen molar-refractivity contribution in [2.24, 2.45) is 0 Å². The number of thioether (sulfide) groups is 1. The van der Waals surface area contributed by atoms with E-state index >= 15 is 0 Å². The molecule has 0 aliphatic carbocycles. The number of rotatable bonds is 5. The predicted molar refractivity (Wildman–Crippen MR) is 103 cm³/mol. The van der Waals surface area contributed by atoms with Crippen LogP contribution in [0.1, 0.15) is 6.92 Å². The molecule has 5 nitrogen and oxygen atoms in total. The highest BCUT2D eigenvalue weighted by atomic mass is 35.5. The molecule has 7 heteroatoms. The second-order valence-electron chi connectivity index (χ2n) is 5.44. The average Bonchev–Trinajstić information content (AvgIpc) is 2.98. The molecule has 0 saturated heterocycles. The van der Waals surface area contributed by atoms with Gasteiger partial charge >= 0.3 is 0 Å². The zero-order valence-electron chi connectivity index (χ0n) is 13.5. The lowest BCUT2D eigenvalue weighted by Gasteiger charge is -2.11. The topological polar surface area (TPSA) is 72.9 Å². The lowest BCUT2D eigenvalue weighted by molar-refractivity contribution is -0.115. The Hall–Kier alpha value is -2.44. The molecule has 1 amide bonds. The fraction of sp³-hybridized carbons (Fsp3) is 0.111. The smallest absolute Gasteiger partial charge is 0.237 e. The van der Waals surface area contributed by atoms with Gasteiger partial charge in [0.1, 0.15) is 0 Å². The third kappa shape index (κ3) is 4.35. The predicted octanol–water partition coefficient (Wildman–Crippen LogP) is 4.04. The van der Waals surface area contributed by atoms with Crippen molar-refractivity contribution in [2.45, 2.75) is 17.3 Å². The van der Waals surface area contributed by atoms with Crippen LogP contribution in [0.25, 0.3) is 11.3 Å². The van der Waals surface area contributed by atoms with Crippen LogP contribution >= 0.6 is 23.4 Å². The molecule has 3 rings (SSSR count). The zero-order valence-corrected chi connectivity index (χ0v) is 15.1. The number of hydrogen-bond donors (Lipinski definition) is 2. The number of carbonyl (C=O) groups excluding carboxylic acids is 1. The number of carbonyl (C=O) groups is 1. The molecule has 1 atom stereocenters. The molecular formula is C18H17ClN4OS. The molecule has 0 radical (unpaired) electrons. The van der Waals surface area contributed by atoms with Gasteiger partial charge in [-0.05, 0) is 31.2 Å². The van der Waals surface area contributed by atoms with E-state index in [2.05, 4.69) is 10.3 Å². The number of nitrogens with two attached hydrogens (primary N) is 1. The summed E-state index contributed by atoms with van der Waals surface area (Å²) in [4.78, 5) is 16.9. The van der Waals surface area contributed by atoms with Gasteiger partial charge in [0, 0.05) is 16.3 Å². The first-order valence-electron chi connectivity index (χ1n) is 7.66. The summed E-state index contributed by atoms with van der Waals surface area (Å²) < 4.78 is 1.44. The van der Waals surface area contributed by atoms with Gasteiger partial charge in [0.2, 0.25) is 5.91 Å². The summed E-state index contributed by atoms with van der Waals surface area (Å²) in [7, 11) is 0. The van der Waals surface area contributed by atoms with Gasteiger partial charge in [-0.1, -0.05) is 53.7 Å². The molecular weight excluding hydrogens is 356 g/mol. The lowest BCUT2D eigenvalue weighted by Crippen LogP contribution is -2.23. The number of hydrogen-bond acceptors (Lipinski definition) is 4. The number of aromatic nitrogens is 2. The number of nitrogens with zero attached hydrogens (tertiary/aromatic N) is 2. The summed E-state index contributed by atoms with van der Waals surface area (Å²) in [6.45, 7) is 1.81. The average molecular weight is 373 g/mol. The van der Waals surface area contributed by atoms with Crippen molar-refractivity contribution in [2.75, 3.05) is 11.2 Å². The monoisotopic (exact) mass is 372 g/mol. The minimum atomic E-state index is -0.357. The molecule has 0 bridgehead atoms. The summed E-state index contributed by atoms with van der Waals surface area (Å²) in [6, 6.07) is 16.7. The van der Waals surface area contributed by atoms with E-state index < -0.39 is 0 Å². The molecule has 0 aliphatic rings. The molecule has 0 spiro atoms. The summed E-state index contributed by atoms with van der Waals surface area (Å²) >= 11 is 7.15. The third-order valence-corrected chi connectivity index (χ3v) is 4.86. The van der Waals surface area contributed by atoms with Crippen LogP contribution in [0.15, 0.2) is 66.0 Å². The van der Waals surface area contributed by atoms with Crippen LogP contribution < -0.4 is 11.2 Å². The normalized spacial score (nSPS) is 11.9. The van der Waals surface area contributed by atoms with E-state index in [1.807, 2.05) is 37.3 Å². The van der Waals surface area contributed by atoms with E-state index in [1.54, 1.807) is 30.5 Å². The maximum absolute atomic E-state index is 12.3. The molecule has 25 heavy (non-hydrogen) atoms. The Morgan fingerprint density at radius 2 is 1.88 bits per heavy atom. The Kier molecular flexibility index (Phi) is 5.31. The van der Waals surface area contributed by atoms with Gasteiger partial charge in [-0.15, -0.1) is 0 Å². The van der Waals surface area contributed by atoms with Gasteiger partial charge in [-0.3, -0.25) is 4.79 Å². The molecule has 3 aromatic rings. The summed E-state index contributed by atoms with van der Waals surface area (Å²) in [5.74, 6) is 5.86. The third-order valence-electron chi connectivity index (χ3n) is 3.53. The highest BCUT2D eigenvalue weighted by Crippen LogP contribution is 2.26. The summed E-state index contributed by atoms with van der Waals surface area (Å²) in [5, 5.41) is 3.70.